The van der Waals surface area contributed by atoms with Crippen molar-refractivity contribution in [1.29, 1.82) is 0 Å². The molecule has 0 bridgehead atoms. The van der Waals surface area contributed by atoms with Crippen molar-refractivity contribution in [2.75, 3.05) is 49.1 Å². The van der Waals surface area contributed by atoms with Crippen LogP contribution in [-0.4, -0.2) is 64.6 Å². The Kier molecular flexibility index (Phi) is 5.66. The van der Waals surface area contributed by atoms with Crippen LogP contribution in [-0.2, 0) is 20.8 Å². The number of nitrogens with one attached hydrogen (secondary N) is 2. The van der Waals surface area contributed by atoms with Gasteiger partial charge in [0.1, 0.15) is 0 Å². The Morgan fingerprint density at radius 1 is 1.26 bits per heavy atom. The van der Waals surface area contributed by atoms with Crippen LogP contribution in [0.2, 0.25) is 0 Å². The van der Waals surface area contributed by atoms with Crippen LogP contribution in [0.1, 0.15) is 12.0 Å². The number of hydrogen-bond donors (Lipinski definition) is 2. The zero-order valence-corrected chi connectivity index (χ0v) is 15.6. The van der Waals surface area contributed by atoms with Gasteiger partial charge in [0, 0.05) is 11.7 Å². The van der Waals surface area contributed by atoms with Gasteiger partial charge in [0.15, 0.2) is 16.4 Å². The Labute approximate surface area is 156 Å². The minimum atomic E-state index is -4.37. The lowest BCUT2D eigenvalue weighted by atomic mass is 10.1. The van der Waals surface area contributed by atoms with Crippen LogP contribution in [0.15, 0.2) is 24.3 Å². The molecule has 1 amide bonds. The van der Waals surface area contributed by atoms with E-state index in [2.05, 4.69) is 5.32 Å². The number of anilines is 1. The van der Waals surface area contributed by atoms with Crippen molar-refractivity contribution in [3.63, 3.8) is 0 Å². The zero-order valence-electron chi connectivity index (χ0n) is 14.8. The van der Waals surface area contributed by atoms with Crippen LogP contribution in [0.25, 0.3) is 0 Å². The number of carbonyl (C=O) groups is 1. The highest BCUT2D eigenvalue weighted by Crippen LogP contribution is 2.31. The number of sulfone groups is 1. The molecular formula is C17H23F3N3O3S+. The van der Waals surface area contributed by atoms with Crippen molar-refractivity contribution < 1.29 is 31.3 Å². The predicted molar refractivity (Wildman–Crippen MR) is 94.4 cm³/mol. The fraction of sp³-hybridized carbons (Fsp3) is 0.588. The average Bonchev–Trinajstić information content (AvgIpc) is 2.93. The van der Waals surface area contributed by atoms with E-state index in [-0.39, 0.29) is 30.0 Å². The van der Waals surface area contributed by atoms with Crippen LogP contribution in [0.4, 0.5) is 18.9 Å². The number of hydrogen-bond acceptors (Lipinski definition) is 4. The minimum absolute atomic E-state index is 0.00258. The Hall–Kier alpha value is -1.81. The van der Waals surface area contributed by atoms with E-state index in [4.69, 9.17) is 0 Å². The third kappa shape index (κ3) is 5.35. The van der Waals surface area contributed by atoms with Crippen LogP contribution in [0.5, 0.6) is 0 Å². The van der Waals surface area contributed by atoms with E-state index in [1.807, 2.05) is 4.90 Å². The minimum Gasteiger partial charge on any atom is -0.360 e. The molecule has 3 rings (SSSR count). The van der Waals surface area contributed by atoms with Crippen LogP contribution < -0.4 is 15.1 Å². The molecule has 2 saturated heterocycles. The molecule has 0 aliphatic carbocycles. The van der Waals surface area contributed by atoms with Crippen LogP contribution in [0.3, 0.4) is 0 Å². The number of nitrogens with zero attached hydrogens (tertiary/aromatic N) is 1. The Balaban J connectivity index is 1.48. The quantitative estimate of drug-likeness (QED) is 0.721. The van der Waals surface area contributed by atoms with Gasteiger partial charge in [-0.3, -0.25) is 4.79 Å². The van der Waals surface area contributed by atoms with Crippen molar-refractivity contribution in [2.45, 2.75) is 18.6 Å². The Morgan fingerprint density at radius 2 is 1.96 bits per heavy atom. The van der Waals surface area contributed by atoms with E-state index in [0.29, 0.717) is 38.3 Å². The van der Waals surface area contributed by atoms with E-state index in [0.717, 1.165) is 17.0 Å². The number of rotatable bonds is 4. The lowest BCUT2D eigenvalue weighted by molar-refractivity contribution is -0.892. The molecule has 150 valence electrons. The fourth-order valence-electron chi connectivity index (χ4n) is 3.55. The molecule has 1 aromatic carbocycles. The predicted octanol–water partition coefficient (Wildman–Crippen LogP) is -0.286. The largest absolute Gasteiger partial charge is 0.416 e. The number of piperazine rings is 1. The van der Waals surface area contributed by atoms with E-state index < -0.39 is 21.6 Å². The summed E-state index contributed by atoms with van der Waals surface area (Å²) >= 11 is 0. The molecule has 6 nitrogen and oxygen atoms in total. The normalized spacial score (nSPS) is 23.4. The molecule has 0 saturated carbocycles. The van der Waals surface area contributed by atoms with Gasteiger partial charge in [0.25, 0.3) is 5.91 Å². The highest BCUT2D eigenvalue weighted by molar-refractivity contribution is 7.91. The summed E-state index contributed by atoms with van der Waals surface area (Å²) in [6.45, 7) is 2.62. The lowest BCUT2D eigenvalue weighted by Gasteiger charge is -2.33. The maximum absolute atomic E-state index is 12.9. The monoisotopic (exact) mass is 406 g/mol. The number of halogens is 3. The molecule has 1 aromatic rings. The highest BCUT2D eigenvalue weighted by atomic mass is 32.2. The van der Waals surface area contributed by atoms with Crippen molar-refractivity contribution in [3.05, 3.63) is 29.8 Å². The SMILES string of the molecule is O=C(C[NH+]1CCN(c2cccc(C(F)(F)F)c2)CC1)N[C@H]1CCS(=O)(=O)C1. The smallest absolute Gasteiger partial charge is 0.360 e. The van der Waals surface area contributed by atoms with Gasteiger partial charge >= 0.3 is 6.18 Å². The molecule has 0 spiro atoms. The number of carbonyl (C=O) groups excluding carboxylic acids is 1. The molecule has 0 aromatic heterocycles. The summed E-state index contributed by atoms with van der Waals surface area (Å²) in [5, 5.41) is 2.77. The first-order chi connectivity index (χ1) is 12.6. The van der Waals surface area contributed by atoms with Gasteiger partial charge in [-0.15, -0.1) is 0 Å². The molecular weight excluding hydrogens is 383 g/mol. The van der Waals surface area contributed by atoms with Gasteiger partial charge in [-0.1, -0.05) is 6.07 Å². The molecule has 0 unspecified atom stereocenters. The maximum Gasteiger partial charge on any atom is 0.416 e. The summed E-state index contributed by atoms with van der Waals surface area (Å²) in [5.74, 6) is -0.0719. The summed E-state index contributed by atoms with van der Waals surface area (Å²) in [7, 11) is -3.03. The average molecular weight is 406 g/mol. The van der Waals surface area contributed by atoms with Gasteiger partial charge < -0.3 is 15.1 Å². The lowest BCUT2D eigenvalue weighted by Crippen LogP contribution is -3.16. The van der Waals surface area contributed by atoms with Crippen molar-refractivity contribution in [2.24, 2.45) is 0 Å². The first kappa shape index (κ1) is 19.9. The second-order valence-corrected chi connectivity index (χ2v) is 9.36. The van der Waals surface area contributed by atoms with Crippen LogP contribution >= 0.6 is 0 Å². The van der Waals surface area contributed by atoms with Gasteiger partial charge in [0.05, 0.1) is 43.2 Å². The second kappa shape index (κ2) is 7.67. The third-order valence-corrected chi connectivity index (χ3v) is 6.79. The highest BCUT2D eigenvalue weighted by Gasteiger charge is 2.32. The van der Waals surface area contributed by atoms with E-state index in [1.54, 1.807) is 6.07 Å². The van der Waals surface area contributed by atoms with E-state index in [1.165, 1.54) is 6.07 Å². The molecule has 2 fully saturated rings. The molecule has 2 aliphatic heterocycles. The Bertz CT molecular complexity index is 790. The fourth-order valence-corrected chi connectivity index (χ4v) is 5.22. The third-order valence-electron chi connectivity index (χ3n) is 5.02. The molecule has 27 heavy (non-hydrogen) atoms. The number of quaternary nitrogens is 1. The second-order valence-electron chi connectivity index (χ2n) is 7.13. The number of amides is 1. The molecule has 10 heteroatoms. The van der Waals surface area contributed by atoms with Gasteiger partial charge in [-0.25, -0.2) is 8.42 Å². The van der Waals surface area contributed by atoms with Crippen molar-refractivity contribution in [3.8, 4) is 0 Å². The molecule has 2 heterocycles. The Morgan fingerprint density at radius 3 is 2.56 bits per heavy atom. The first-order valence-electron chi connectivity index (χ1n) is 8.88. The van der Waals surface area contributed by atoms with Crippen molar-refractivity contribution in [1.82, 2.24) is 5.32 Å². The molecule has 2 aliphatic rings. The molecule has 1 atom stereocenters. The van der Waals surface area contributed by atoms with Crippen LogP contribution in [0, 0.1) is 0 Å². The molecule has 0 radical (unpaired) electrons. The standard InChI is InChI=1S/C17H22F3N3O3S/c18-17(19,20)13-2-1-3-15(10-13)23-7-5-22(6-8-23)11-16(24)21-14-4-9-27(25,26)12-14/h1-3,10,14H,4-9,11-12H2,(H,21,24)/p+1/t14-/m0/s1. The summed E-state index contributed by atoms with van der Waals surface area (Å²) in [6, 6.07) is 4.96. The summed E-state index contributed by atoms with van der Waals surface area (Å²) in [6.07, 6.45) is -3.92. The summed E-state index contributed by atoms with van der Waals surface area (Å²) < 4.78 is 61.4. The van der Waals surface area contributed by atoms with Gasteiger partial charge in [0.2, 0.25) is 0 Å². The van der Waals surface area contributed by atoms with Crippen molar-refractivity contribution >= 4 is 21.4 Å². The number of alkyl halides is 3. The maximum atomic E-state index is 12.9. The van der Waals surface area contributed by atoms with Gasteiger partial charge in [-0.2, -0.15) is 13.2 Å². The summed E-state index contributed by atoms with van der Waals surface area (Å²) in [4.78, 5) is 15.0. The van der Waals surface area contributed by atoms with E-state index >= 15 is 0 Å². The molecule has 2 N–H and O–H groups in total. The number of benzene rings is 1. The first-order valence-corrected chi connectivity index (χ1v) is 10.7. The van der Waals surface area contributed by atoms with Gasteiger partial charge in [-0.05, 0) is 24.6 Å². The summed E-state index contributed by atoms with van der Waals surface area (Å²) in [5.41, 5.74) is -0.134. The van der Waals surface area contributed by atoms with E-state index in [9.17, 15) is 26.4 Å². The topological polar surface area (TPSA) is 70.9 Å². The zero-order chi connectivity index (χ0) is 19.7.